The van der Waals surface area contributed by atoms with Crippen LogP contribution in [-0.4, -0.2) is 0 Å². The molecule has 0 amide bonds. The summed E-state index contributed by atoms with van der Waals surface area (Å²) in [6, 6.07) is 61.4. The van der Waals surface area contributed by atoms with Gasteiger partial charge in [0.2, 0.25) is 0 Å². The molecule has 0 unspecified atom stereocenters. The Bertz CT molecular complexity index is 3000. The first kappa shape index (κ1) is 30.4. The standard InChI is InChI=1S/C52H39N/c1-51(2)45-29-33-17-9-8-16-32(33)28-43(45)48-39-23-13-11-21-37(39)47(31-46(48)51)53(34-18-6-5-7-19-34)35-26-27-40-42(30-35)36-20-10-12-22-38(36)49-41-24-14-15-25-44(41)52(3,4)50(40)49/h5-31H,1-4H3. The zero-order valence-corrected chi connectivity index (χ0v) is 30.5. The largest absolute Gasteiger partial charge is 0.310 e. The van der Waals surface area contributed by atoms with Crippen LogP contribution >= 0.6 is 0 Å². The predicted octanol–water partition coefficient (Wildman–Crippen LogP) is 14.4. The highest BCUT2D eigenvalue weighted by Gasteiger charge is 2.40. The van der Waals surface area contributed by atoms with E-state index in [0.717, 1.165) is 11.4 Å². The highest BCUT2D eigenvalue weighted by molar-refractivity contribution is 6.19. The van der Waals surface area contributed by atoms with E-state index in [1.54, 1.807) is 0 Å². The van der Waals surface area contributed by atoms with Gasteiger partial charge in [-0.25, -0.2) is 0 Å². The lowest BCUT2D eigenvalue weighted by molar-refractivity contribution is 0.661. The summed E-state index contributed by atoms with van der Waals surface area (Å²) in [5, 5.41) is 10.4. The monoisotopic (exact) mass is 677 g/mol. The summed E-state index contributed by atoms with van der Waals surface area (Å²) in [5.41, 5.74) is 14.3. The molecule has 2 aliphatic carbocycles. The van der Waals surface area contributed by atoms with Gasteiger partial charge < -0.3 is 4.90 Å². The molecule has 11 rings (SSSR count). The number of anilines is 3. The molecular formula is C52H39N. The van der Waals surface area contributed by atoms with E-state index in [-0.39, 0.29) is 10.8 Å². The van der Waals surface area contributed by atoms with Crippen molar-refractivity contribution in [1.29, 1.82) is 0 Å². The molecule has 1 heteroatoms. The van der Waals surface area contributed by atoms with E-state index in [1.807, 2.05) is 0 Å². The van der Waals surface area contributed by atoms with Gasteiger partial charge in [0.05, 0.1) is 5.69 Å². The maximum atomic E-state index is 2.50. The Morgan fingerprint density at radius 3 is 1.75 bits per heavy atom. The zero-order valence-electron chi connectivity index (χ0n) is 30.5. The third-order valence-corrected chi connectivity index (χ3v) is 12.5. The quantitative estimate of drug-likeness (QED) is 0.168. The van der Waals surface area contributed by atoms with Gasteiger partial charge in [0.1, 0.15) is 0 Å². The highest BCUT2D eigenvalue weighted by atomic mass is 15.1. The molecule has 0 N–H and O–H groups in total. The van der Waals surface area contributed by atoms with Crippen molar-refractivity contribution >= 4 is 60.2 Å². The molecular weight excluding hydrogens is 639 g/mol. The van der Waals surface area contributed by atoms with Crippen LogP contribution < -0.4 is 4.90 Å². The van der Waals surface area contributed by atoms with Crippen molar-refractivity contribution in [2.45, 2.75) is 38.5 Å². The lowest BCUT2D eigenvalue weighted by Gasteiger charge is -2.30. The Labute approximate surface area is 310 Å². The molecule has 0 saturated carbocycles. The van der Waals surface area contributed by atoms with Gasteiger partial charge in [0, 0.05) is 27.6 Å². The Balaban J connectivity index is 1.21. The number of benzene rings is 9. The van der Waals surface area contributed by atoms with Gasteiger partial charge in [-0.15, -0.1) is 0 Å². The van der Waals surface area contributed by atoms with E-state index >= 15 is 0 Å². The minimum Gasteiger partial charge on any atom is -0.310 e. The average Bonchev–Trinajstić information content (AvgIpc) is 3.57. The molecule has 0 aliphatic heterocycles. The summed E-state index contributed by atoms with van der Waals surface area (Å²) in [7, 11) is 0. The Morgan fingerprint density at radius 1 is 0.358 bits per heavy atom. The molecule has 2 aliphatic rings. The topological polar surface area (TPSA) is 3.24 Å². The van der Waals surface area contributed by atoms with Crippen molar-refractivity contribution in [3.05, 3.63) is 186 Å². The fourth-order valence-corrected chi connectivity index (χ4v) is 10.1. The third kappa shape index (κ3) is 4.08. The smallest absolute Gasteiger partial charge is 0.0543 e. The lowest BCUT2D eigenvalue weighted by atomic mass is 9.79. The molecule has 0 saturated heterocycles. The zero-order chi connectivity index (χ0) is 35.6. The number of rotatable bonds is 3. The second-order valence-corrected chi connectivity index (χ2v) is 16.1. The maximum Gasteiger partial charge on any atom is 0.0543 e. The Kier molecular flexibility index (Phi) is 6.14. The summed E-state index contributed by atoms with van der Waals surface area (Å²) in [6.07, 6.45) is 0. The Hall–Kier alpha value is -6.18. The van der Waals surface area contributed by atoms with E-state index < -0.39 is 0 Å². The molecule has 0 heterocycles. The van der Waals surface area contributed by atoms with Gasteiger partial charge in [0.25, 0.3) is 0 Å². The first-order chi connectivity index (χ1) is 25.8. The molecule has 0 atom stereocenters. The van der Waals surface area contributed by atoms with Crippen LogP contribution in [0.2, 0.25) is 0 Å². The van der Waals surface area contributed by atoms with E-state index in [9.17, 15) is 0 Å². The van der Waals surface area contributed by atoms with Gasteiger partial charge in [-0.1, -0.05) is 149 Å². The maximum absolute atomic E-state index is 2.50. The Morgan fingerprint density at radius 2 is 0.981 bits per heavy atom. The summed E-state index contributed by atoms with van der Waals surface area (Å²) in [4.78, 5) is 2.50. The van der Waals surface area contributed by atoms with Gasteiger partial charge in [-0.2, -0.15) is 0 Å². The minimum atomic E-state index is -0.170. The fourth-order valence-electron chi connectivity index (χ4n) is 10.1. The second-order valence-electron chi connectivity index (χ2n) is 16.1. The van der Waals surface area contributed by atoms with Crippen molar-refractivity contribution in [3.63, 3.8) is 0 Å². The van der Waals surface area contributed by atoms with Crippen LogP contribution in [0.25, 0.3) is 65.3 Å². The van der Waals surface area contributed by atoms with Crippen LogP contribution in [0.3, 0.4) is 0 Å². The molecule has 9 aromatic rings. The van der Waals surface area contributed by atoms with E-state index in [0.29, 0.717) is 0 Å². The first-order valence-corrected chi connectivity index (χ1v) is 18.9. The molecule has 0 aromatic heterocycles. The number of nitrogens with zero attached hydrogens (tertiary/aromatic N) is 1. The van der Waals surface area contributed by atoms with Crippen LogP contribution in [0, 0.1) is 0 Å². The van der Waals surface area contributed by atoms with Gasteiger partial charge >= 0.3 is 0 Å². The average molecular weight is 678 g/mol. The number of fused-ring (bicyclic) bond motifs is 14. The molecule has 9 aromatic carbocycles. The van der Waals surface area contributed by atoms with Gasteiger partial charge in [-0.05, 0) is 125 Å². The number of para-hydroxylation sites is 1. The second kappa shape index (κ2) is 10.7. The summed E-state index contributed by atoms with van der Waals surface area (Å²) >= 11 is 0. The minimum absolute atomic E-state index is 0.115. The molecule has 1 nitrogen and oxygen atoms in total. The third-order valence-electron chi connectivity index (χ3n) is 12.5. The van der Waals surface area contributed by atoms with Crippen LogP contribution in [0.5, 0.6) is 0 Å². The highest BCUT2D eigenvalue weighted by Crippen LogP contribution is 2.57. The molecule has 0 fully saturated rings. The number of hydrogen-bond donors (Lipinski definition) is 0. The van der Waals surface area contributed by atoms with Crippen molar-refractivity contribution in [2.75, 3.05) is 4.90 Å². The molecule has 252 valence electrons. The van der Waals surface area contributed by atoms with Crippen LogP contribution in [0.1, 0.15) is 49.9 Å². The van der Waals surface area contributed by atoms with Crippen LogP contribution in [0.4, 0.5) is 17.1 Å². The predicted molar refractivity (Wildman–Crippen MR) is 226 cm³/mol. The molecule has 53 heavy (non-hydrogen) atoms. The summed E-state index contributed by atoms with van der Waals surface area (Å²) < 4.78 is 0. The summed E-state index contributed by atoms with van der Waals surface area (Å²) in [6.45, 7) is 9.60. The lowest BCUT2D eigenvalue weighted by Crippen LogP contribution is -2.17. The van der Waals surface area contributed by atoms with Crippen molar-refractivity contribution in [1.82, 2.24) is 0 Å². The van der Waals surface area contributed by atoms with Gasteiger partial charge in [-0.3, -0.25) is 0 Å². The van der Waals surface area contributed by atoms with Crippen LogP contribution in [0.15, 0.2) is 164 Å². The molecule has 0 spiro atoms. The van der Waals surface area contributed by atoms with Crippen molar-refractivity contribution in [2.24, 2.45) is 0 Å². The molecule has 0 radical (unpaired) electrons. The van der Waals surface area contributed by atoms with Gasteiger partial charge in [0.15, 0.2) is 0 Å². The van der Waals surface area contributed by atoms with E-state index in [4.69, 9.17) is 0 Å². The SMILES string of the molecule is CC1(C)c2cc3ccccc3cc2-c2c1cc(N(c1ccccc1)c1ccc3c4c(c5ccccc5c3c1)-c1ccccc1C4(C)C)c1ccccc21. The fraction of sp³-hybridized carbons (Fsp3) is 0.115. The van der Waals surface area contributed by atoms with E-state index in [1.165, 1.54) is 93.3 Å². The number of hydrogen-bond acceptors (Lipinski definition) is 1. The van der Waals surface area contributed by atoms with Crippen molar-refractivity contribution in [3.8, 4) is 22.3 Å². The van der Waals surface area contributed by atoms with Crippen LogP contribution in [-0.2, 0) is 10.8 Å². The van der Waals surface area contributed by atoms with Crippen molar-refractivity contribution < 1.29 is 0 Å². The first-order valence-electron chi connectivity index (χ1n) is 18.9. The van der Waals surface area contributed by atoms with E-state index in [2.05, 4.69) is 196 Å². The molecule has 0 bridgehead atoms. The normalized spacial score (nSPS) is 14.7. The summed E-state index contributed by atoms with van der Waals surface area (Å²) in [5.74, 6) is 0.